The van der Waals surface area contributed by atoms with Gasteiger partial charge >= 0.3 is 0 Å². The van der Waals surface area contributed by atoms with Gasteiger partial charge in [0.15, 0.2) is 0 Å². The molecule has 0 spiro atoms. The summed E-state index contributed by atoms with van der Waals surface area (Å²) in [6.07, 6.45) is 7.95. The molecule has 3 heteroatoms. The van der Waals surface area contributed by atoms with Crippen LogP contribution in [0.1, 0.15) is 36.9 Å². The normalized spacial score (nSPS) is 19.2. The van der Waals surface area contributed by atoms with Crippen molar-refractivity contribution >= 4 is 0 Å². The number of pyridine rings is 1. The minimum atomic E-state index is 0.361. The number of phenolic OH excluding ortho intramolecular Hbond substituents is 1. The van der Waals surface area contributed by atoms with Gasteiger partial charge in [0, 0.05) is 24.5 Å². The van der Waals surface area contributed by atoms with E-state index in [1.165, 1.54) is 30.5 Å². The Bertz CT molecular complexity index is 585. The van der Waals surface area contributed by atoms with Gasteiger partial charge in [0.05, 0.1) is 0 Å². The van der Waals surface area contributed by atoms with Crippen LogP contribution in [-0.4, -0.2) is 27.6 Å². The molecule has 3 rings (SSSR count). The molecule has 1 aliphatic heterocycles. The van der Waals surface area contributed by atoms with Gasteiger partial charge in [-0.05, 0) is 62.1 Å². The smallest absolute Gasteiger partial charge is 0.115 e. The van der Waals surface area contributed by atoms with Crippen molar-refractivity contribution in [1.29, 1.82) is 0 Å². The molecule has 0 amide bonds. The van der Waals surface area contributed by atoms with Crippen molar-refractivity contribution in [2.75, 3.05) is 6.54 Å². The molecule has 3 nitrogen and oxygen atoms in total. The van der Waals surface area contributed by atoms with Crippen molar-refractivity contribution < 1.29 is 5.11 Å². The number of benzene rings is 1. The molecule has 0 saturated carbocycles. The Balaban J connectivity index is 1.61. The molecule has 0 unspecified atom stereocenters. The highest BCUT2D eigenvalue weighted by atomic mass is 16.3. The summed E-state index contributed by atoms with van der Waals surface area (Å²) in [6, 6.07) is 14.4. The number of hydrogen-bond acceptors (Lipinski definition) is 3. The third-order valence-electron chi connectivity index (χ3n) is 4.51. The van der Waals surface area contributed by atoms with E-state index < -0.39 is 0 Å². The lowest BCUT2D eigenvalue weighted by molar-refractivity contribution is 0.132. The van der Waals surface area contributed by atoms with Crippen LogP contribution < -0.4 is 0 Å². The van der Waals surface area contributed by atoms with Crippen LogP contribution >= 0.6 is 0 Å². The Kier molecular flexibility index (Phi) is 5.07. The van der Waals surface area contributed by atoms with Crippen LogP contribution in [0.5, 0.6) is 5.75 Å². The first-order valence-corrected chi connectivity index (χ1v) is 8.23. The minimum absolute atomic E-state index is 0.361. The Morgan fingerprint density at radius 1 is 1.14 bits per heavy atom. The predicted molar refractivity (Wildman–Crippen MR) is 88.7 cm³/mol. The van der Waals surface area contributed by atoms with E-state index in [0.29, 0.717) is 11.8 Å². The number of likely N-dealkylation sites (tertiary alicyclic amines) is 1. The minimum Gasteiger partial charge on any atom is -0.508 e. The zero-order valence-corrected chi connectivity index (χ0v) is 13.0. The van der Waals surface area contributed by atoms with Crippen LogP contribution in [0.15, 0.2) is 48.7 Å². The fourth-order valence-corrected chi connectivity index (χ4v) is 3.34. The predicted octanol–water partition coefficient (Wildman–Crippen LogP) is 3.77. The number of nitrogens with zero attached hydrogens (tertiary/aromatic N) is 2. The molecule has 1 aliphatic rings. The van der Waals surface area contributed by atoms with Gasteiger partial charge < -0.3 is 5.11 Å². The molecule has 2 heterocycles. The highest BCUT2D eigenvalue weighted by Gasteiger charge is 2.22. The van der Waals surface area contributed by atoms with Gasteiger partial charge in [0.2, 0.25) is 0 Å². The number of hydrogen-bond donors (Lipinski definition) is 1. The highest BCUT2D eigenvalue weighted by molar-refractivity contribution is 5.27. The Labute approximate surface area is 132 Å². The number of phenols is 1. The molecule has 1 aromatic heterocycles. The van der Waals surface area contributed by atoms with Crippen molar-refractivity contribution in [3.8, 4) is 5.75 Å². The summed E-state index contributed by atoms with van der Waals surface area (Å²) in [5.74, 6) is 0.361. The van der Waals surface area contributed by atoms with Crippen LogP contribution in [0.25, 0.3) is 0 Å². The molecular weight excluding hydrogens is 272 g/mol. The average molecular weight is 296 g/mol. The van der Waals surface area contributed by atoms with E-state index in [9.17, 15) is 5.11 Å². The molecule has 0 bridgehead atoms. The third-order valence-corrected chi connectivity index (χ3v) is 4.51. The van der Waals surface area contributed by atoms with Crippen molar-refractivity contribution in [1.82, 2.24) is 9.88 Å². The molecular formula is C19H24N2O. The van der Waals surface area contributed by atoms with Crippen LogP contribution in [0.2, 0.25) is 0 Å². The van der Waals surface area contributed by atoms with Gasteiger partial charge in [0.1, 0.15) is 5.75 Å². The summed E-state index contributed by atoms with van der Waals surface area (Å²) in [6.45, 7) is 2.09. The number of aryl methyl sites for hydroxylation is 1. The van der Waals surface area contributed by atoms with Gasteiger partial charge in [-0.2, -0.15) is 0 Å². The number of rotatable bonds is 5. The first-order valence-electron chi connectivity index (χ1n) is 8.23. The fraction of sp³-hybridized carbons (Fsp3) is 0.421. The second-order valence-corrected chi connectivity index (χ2v) is 6.15. The molecule has 0 radical (unpaired) electrons. The zero-order chi connectivity index (χ0) is 15.2. The number of aromatic nitrogens is 1. The summed E-state index contributed by atoms with van der Waals surface area (Å²) in [4.78, 5) is 7.00. The quantitative estimate of drug-likeness (QED) is 0.912. The molecule has 1 aromatic carbocycles. The maximum absolute atomic E-state index is 9.63. The van der Waals surface area contributed by atoms with Crippen molar-refractivity contribution in [2.24, 2.45) is 0 Å². The molecule has 116 valence electrons. The maximum atomic E-state index is 9.63. The van der Waals surface area contributed by atoms with E-state index in [2.05, 4.69) is 28.1 Å². The van der Waals surface area contributed by atoms with E-state index in [1.54, 1.807) is 6.07 Å². The number of aromatic hydroxyl groups is 1. The van der Waals surface area contributed by atoms with E-state index >= 15 is 0 Å². The van der Waals surface area contributed by atoms with E-state index in [-0.39, 0.29) is 0 Å². The van der Waals surface area contributed by atoms with Crippen LogP contribution in [-0.2, 0) is 13.0 Å². The van der Waals surface area contributed by atoms with Crippen LogP contribution in [0, 0.1) is 0 Å². The van der Waals surface area contributed by atoms with Gasteiger partial charge in [-0.3, -0.25) is 9.88 Å². The van der Waals surface area contributed by atoms with Crippen LogP contribution in [0.3, 0.4) is 0 Å². The summed E-state index contributed by atoms with van der Waals surface area (Å²) in [7, 11) is 0. The average Bonchev–Trinajstić information content (AvgIpc) is 2.55. The van der Waals surface area contributed by atoms with Crippen molar-refractivity contribution in [3.63, 3.8) is 0 Å². The number of piperidine rings is 1. The molecule has 0 aliphatic carbocycles. The molecule has 2 aromatic rings. The van der Waals surface area contributed by atoms with E-state index in [1.807, 2.05) is 24.4 Å². The SMILES string of the molecule is Oc1cccc(CN2CCCC[C@@H]2CCc2ccccn2)c1. The fourth-order valence-electron chi connectivity index (χ4n) is 3.34. The molecule has 22 heavy (non-hydrogen) atoms. The second-order valence-electron chi connectivity index (χ2n) is 6.15. The highest BCUT2D eigenvalue weighted by Crippen LogP contribution is 2.24. The van der Waals surface area contributed by atoms with Crippen molar-refractivity contribution in [2.45, 2.75) is 44.7 Å². The lowest BCUT2D eigenvalue weighted by Gasteiger charge is -2.36. The molecule has 1 saturated heterocycles. The summed E-state index contributed by atoms with van der Waals surface area (Å²) in [5.41, 5.74) is 2.38. The van der Waals surface area contributed by atoms with Gasteiger partial charge in [-0.25, -0.2) is 0 Å². The molecule has 1 atom stereocenters. The molecule has 1 fully saturated rings. The van der Waals surface area contributed by atoms with Gasteiger partial charge in [-0.1, -0.05) is 24.6 Å². The Morgan fingerprint density at radius 3 is 2.91 bits per heavy atom. The lowest BCUT2D eigenvalue weighted by atomic mass is 9.96. The van der Waals surface area contributed by atoms with Gasteiger partial charge in [-0.15, -0.1) is 0 Å². The lowest BCUT2D eigenvalue weighted by Crippen LogP contribution is -2.39. The zero-order valence-electron chi connectivity index (χ0n) is 13.0. The Morgan fingerprint density at radius 2 is 2.09 bits per heavy atom. The van der Waals surface area contributed by atoms with Crippen LogP contribution in [0.4, 0.5) is 0 Å². The summed E-state index contributed by atoms with van der Waals surface area (Å²) < 4.78 is 0. The Hall–Kier alpha value is -1.87. The van der Waals surface area contributed by atoms with Crippen molar-refractivity contribution in [3.05, 3.63) is 59.9 Å². The first-order chi connectivity index (χ1) is 10.8. The first kappa shape index (κ1) is 15.0. The maximum Gasteiger partial charge on any atom is 0.115 e. The topological polar surface area (TPSA) is 36.4 Å². The summed E-state index contributed by atoms with van der Waals surface area (Å²) in [5, 5.41) is 9.63. The standard InChI is InChI=1S/C19H24N2O/c22-19-9-5-6-16(14-19)15-21-13-4-2-8-18(21)11-10-17-7-1-3-12-20-17/h1,3,5-7,9,12,14,18,22H,2,4,8,10-11,13,15H2/t18-/m1/s1. The van der Waals surface area contributed by atoms with E-state index in [4.69, 9.17) is 0 Å². The second kappa shape index (κ2) is 7.41. The third kappa shape index (κ3) is 4.08. The summed E-state index contributed by atoms with van der Waals surface area (Å²) >= 11 is 0. The largest absolute Gasteiger partial charge is 0.508 e. The monoisotopic (exact) mass is 296 g/mol. The van der Waals surface area contributed by atoms with Gasteiger partial charge in [0.25, 0.3) is 0 Å². The molecule has 1 N–H and O–H groups in total. The van der Waals surface area contributed by atoms with E-state index in [0.717, 1.165) is 25.9 Å².